The second-order valence-electron chi connectivity index (χ2n) is 6.25. The van der Waals surface area contributed by atoms with Gasteiger partial charge in [-0.15, -0.1) is 0 Å². The number of halogens is 2. The Hall–Kier alpha value is -3.16. The number of carbonyl (C=O) groups excluding carboxylic acids is 2. The molecule has 0 aliphatic carbocycles. The average Bonchev–Trinajstić information content (AvgIpc) is 2.68. The van der Waals surface area contributed by atoms with Gasteiger partial charge in [-0.1, -0.05) is 6.07 Å². The summed E-state index contributed by atoms with van der Waals surface area (Å²) in [7, 11) is 1.30. The number of alkyl halides is 2. The summed E-state index contributed by atoms with van der Waals surface area (Å²) in [6, 6.07) is 11.0. The summed E-state index contributed by atoms with van der Waals surface area (Å²) >= 11 is 0. The molecular formula is C20H20F2N2O4. The van der Waals surface area contributed by atoms with Gasteiger partial charge in [0.25, 0.3) is 5.91 Å². The van der Waals surface area contributed by atoms with Crippen LogP contribution in [0.4, 0.5) is 20.2 Å². The van der Waals surface area contributed by atoms with Gasteiger partial charge in [0, 0.05) is 29.9 Å². The summed E-state index contributed by atoms with van der Waals surface area (Å²) in [4.78, 5) is 26.3. The summed E-state index contributed by atoms with van der Waals surface area (Å²) in [5.74, 6) is -0.502. The lowest BCUT2D eigenvalue weighted by Gasteiger charge is -2.27. The maximum absolute atomic E-state index is 12.5. The van der Waals surface area contributed by atoms with E-state index in [0.717, 1.165) is 18.5 Å². The Bertz CT molecular complexity index is 873. The third-order valence-electron chi connectivity index (χ3n) is 4.38. The highest BCUT2D eigenvalue weighted by Gasteiger charge is 2.20. The van der Waals surface area contributed by atoms with Crippen LogP contribution in [0.25, 0.3) is 0 Å². The molecule has 1 N–H and O–H groups in total. The van der Waals surface area contributed by atoms with Crippen LogP contribution in [0.2, 0.25) is 0 Å². The molecule has 0 unspecified atom stereocenters. The molecule has 3 rings (SSSR count). The molecule has 1 heterocycles. The fraction of sp³-hybridized carbons (Fsp3) is 0.300. The minimum absolute atomic E-state index is 0.0283. The van der Waals surface area contributed by atoms with E-state index >= 15 is 0 Å². The second kappa shape index (κ2) is 8.69. The van der Waals surface area contributed by atoms with Gasteiger partial charge in [0.2, 0.25) is 5.91 Å². The van der Waals surface area contributed by atoms with Crippen molar-refractivity contribution < 1.29 is 27.8 Å². The predicted molar refractivity (Wildman–Crippen MR) is 100 cm³/mol. The third-order valence-corrected chi connectivity index (χ3v) is 4.38. The molecule has 6 nitrogen and oxygen atoms in total. The van der Waals surface area contributed by atoms with Crippen LogP contribution in [0.3, 0.4) is 0 Å². The molecule has 1 fully saturated rings. The normalized spacial score (nSPS) is 14.1. The molecule has 2 aromatic rings. The number of anilines is 2. The van der Waals surface area contributed by atoms with Gasteiger partial charge in [0.1, 0.15) is 0 Å². The molecule has 1 aliphatic rings. The van der Waals surface area contributed by atoms with Crippen molar-refractivity contribution in [2.75, 3.05) is 23.9 Å². The zero-order valence-electron chi connectivity index (χ0n) is 15.3. The lowest BCUT2D eigenvalue weighted by Crippen LogP contribution is -2.35. The summed E-state index contributed by atoms with van der Waals surface area (Å²) in [5.41, 5.74) is 1.46. The number of piperidine rings is 1. The Morgan fingerprint density at radius 2 is 1.96 bits per heavy atom. The smallest absolute Gasteiger partial charge is 0.387 e. The molecular weight excluding hydrogens is 370 g/mol. The predicted octanol–water partition coefficient (Wildman–Crippen LogP) is 4.07. The number of methoxy groups -OCH3 is 1. The van der Waals surface area contributed by atoms with Gasteiger partial charge in [0.05, 0.1) is 7.11 Å². The molecule has 0 spiro atoms. The van der Waals surface area contributed by atoms with E-state index in [9.17, 15) is 18.4 Å². The van der Waals surface area contributed by atoms with Crippen molar-refractivity contribution in [3.63, 3.8) is 0 Å². The van der Waals surface area contributed by atoms with E-state index in [4.69, 9.17) is 4.74 Å². The number of rotatable bonds is 6. The first-order chi connectivity index (χ1) is 13.5. The molecule has 148 valence electrons. The van der Waals surface area contributed by atoms with Crippen LogP contribution >= 0.6 is 0 Å². The van der Waals surface area contributed by atoms with Crippen molar-refractivity contribution in [1.29, 1.82) is 0 Å². The first-order valence-electron chi connectivity index (χ1n) is 8.82. The Morgan fingerprint density at radius 1 is 1.14 bits per heavy atom. The van der Waals surface area contributed by atoms with Gasteiger partial charge in [0.15, 0.2) is 11.5 Å². The van der Waals surface area contributed by atoms with E-state index < -0.39 is 12.5 Å². The molecule has 0 aromatic heterocycles. The van der Waals surface area contributed by atoms with E-state index in [0.29, 0.717) is 18.7 Å². The molecule has 0 atom stereocenters. The first kappa shape index (κ1) is 19.6. The fourth-order valence-corrected chi connectivity index (χ4v) is 3.04. The lowest BCUT2D eigenvalue weighted by molar-refractivity contribution is -0.119. The Morgan fingerprint density at radius 3 is 2.68 bits per heavy atom. The lowest BCUT2D eigenvalue weighted by atomic mass is 10.1. The van der Waals surface area contributed by atoms with Crippen LogP contribution in [0.1, 0.15) is 29.6 Å². The molecule has 1 saturated heterocycles. The fourth-order valence-electron chi connectivity index (χ4n) is 3.04. The maximum atomic E-state index is 12.5. The van der Waals surface area contributed by atoms with Crippen LogP contribution in [0.15, 0.2) is 42.5 Å². The summed E-state index contributed by atoms with van der Waals surface area (Å²) < 4.78 is 34.2. The molecule has 8 heteroatoms. The topological polar surface area (TPSA) is 67.9 Å². The number of amides is 2. The van der Waals surface area contributed by atoms with Crippen molar-refractivity contribution >= 4 is 23.2 Å². The summed E-state index contributed by atoms with van der Waals surface area (Å²) in [5, 5.41) is 2.74. The average molecular weight is 390 g/mol. The second-order valence-corrected chi connectivity index (χ2v) is 6.25. The zero-order chi connectivity index (χ0) is 20.1. The van der Waals surface area contributed by atoms with E-state index in [1.165, 1.54) is 25.3 Å². The highest BCUT2D eigenvalue weighted by molar-refractivity contribution is 6.05. The third kappa shape index (κ3) is 4.57. The maximum Gasteiger partial charge on any atom is 0.387 e. The highest BCUT2D eigenvalue weighted by atomic mass is 19.3. The largest absolute Gasteiger partial charge is 0.493 e. The van der Waals surface area contributed by atoms with E-state index in [2.05, 4.69) is 10.1 Å². The van der Waals surface area contributed by atoms with Crippen molar-refractivity contribution in [1.82, 2.24) is 0 Å². The van der Waals surface area contributed by atoms with E-state index in [-0.39, 0.29) is 23.0 Å². The van der Waals surface area contributed by atoms with E-state index in [1.54, 1.807) is 23.1 Å². The minimum Gasteiger partial charge on any atom is -0.493 e. The molecule has 0 radical (unpaired) electrons. The number of hydrogen-bond donors (Lipinski definition) is 1. The molecule has 2 aromatic carbocycles. The number of hydrogen-bond acceptors (Lipinski definition) is 4. The number of nitrogens with zero attached hydrogens (tertiary/aromatic N) is 1. The quantitative estimate of drug-likeness (QED) is 0.808. The van der Waals surface area contributed by atoms with Crippen molar-refractivity contribution in [2.45, 2.75) is 25.9 Å². The van der Waals surface area contributed by atoms with Crippen LogP contribution in [-0.4, -0.2) is 32.1 Å². The van der Waals surface area contributed by atoms with Gasteiger partial charge in [-0.05, 0) is 49.2 Å². The van der Waals surface area contributed by atoms with E-state index in [1.807, 2.05) is 6.07 Å². The van der Waals surface area contributed by atoms with Crippen molar-refractivity contribution in [3.05, 3.63) is 48.0 Å². The summed E-state index contributed by atoms with van der Waals surface area (Å²) in [6.45, 7) is -2.34. The van der Waals surface area contributed by atoms with Crippen LogP contribution < -0.4 is 19.7 Å². The number of nitrogens with one attached hydrogen (secondary N) is 1. The monoisotopic (exact) mass is 390 g/mol. The van der Waals surface area contributed by atoms with Crippen molar-refractivity contribution in [2.24, 2.45) is 0 Å². The van der Waals surface area contributed by atoms with Crippen LogP contribution in [0, 0.1) is 0 Å². The molecule has 28 heavy (non-hydrogen) atoms. The van der Waals surface area contributed by atoms with Gasteiger partial charge in [-0.2, -0.15) is 8.78 Å². The van der Waals surface area contributed by atoms with Crippen molar-refractivity contribution in [3.8, 4) is 11.5 Å². The Kier molecular flexibility index (Phi) is 6.08. The molecule has 1 aliphatic heterocycles. The standard InChI is InChI=1S/C20H20F2N2O4/c1-27-17-11-13(8-9-16(17)28-20(21)22)19(26)23-14-5-4-6-15(12-14)24-10-3-2-7-18(24)25/h4-6,8-9,11-12,20H,2-3,7,10H2,1H3,(H,23,26). The van der Waals surface area contributed by atoms with Crippen LogP contribution in [-0.2, 0) is 4.79 Å². The SMILES string of the molecule is COc1cc(C(=O)Nc2cccc(N3CCCCC3=O)c2)ccc1OC(F)F. The highest BCUT2D eigenvalue weighted by Crippen LogP contribution is 2.30. The van der Waals surface area contributed by atoms with Gasteiger partial charge in [-0.25, -0.2) is 0 Å². The Balaban J connectivity index is 1.76. The molecule has 2 amide bonds. The van der Waals surface area contributed by atoms with Crippen LogP contribution in [0.5, 0.6) is 11.5 Å². The van der Waals surface area contributed by atoms with Gasteiger partial charge >= 0.3 is 6.61 Å². The van der Waals surface area contributed by atoms with Gasteiger partial charge < -0.3 is 19.7 Å². The first-order valence-corrected chi connectivity index (χ1v) is 8.82. The van der Waals surface area contributed by atoms with Gasteiger partial charge in [-0.3, -0.25) is 9.59 Å². The number of carbonyl (C=O) groups is 2. The zero-order valence-corrected chi connectivity index (χ0v) is 15.3. The molecule has 0 bridgehead atoms. The Labute approximate surface area is 161 Å². The number of benzene rings is 2. The number of ether oxygens (including phenoxy) is 2. The summed E-state index contributed by atoms with van der Waals surface area (Å²) in [6.07, 6.45) is 2.34. The minimum atomic E-state index is -2.99. The molecule has 0 saturated carbocycles.